The van der Waals surface area contributed by atoms with Gasteiger partial charge in [0.05, 0.1) is 0 Å². The van der Waals surface area contributed by atoms with Gasteiger partial charge in [-0.25, -0.2) is 0 Å². The van der Waals surface area contributed by atoms with E-state index in [1.807, 2.05) is 6.92 Å². The second-order valence-corrected chi connectivity index (χ2v) is 4.08. The van der Waals surface area contributed by atoms with Crippen molar-refractivity contribution < 1.29 is 0 Å². The van der Waals surface area contributed by atoms with Crippen LogP contribution in [0.3, 0.4) is 0 Å². The van der Waals surface area contributed by atoms with Crippen molar-refractivity contribution in [2.45, 2.75) is 45.3 Å². The molecule has 0 fully saturated rings. The smallest absolute Gasteiger partial charge is 0.0196 e. The third-order valence-corrected chi connectivity index (χ3v) is 2.13. The lowest BCUT2D eigenvalue weighted by Gasteiger charge is -2.06. The number of rotatable bonds is 5. The predicted octanol–water partition coefficient (Wildman–Crippen LogP) is 3.69. The van der Waals surface area contributed by atoms with Gasteiger partial charge in [-0.3, -0.25) is 0 Å². The van der Waals surface area contributed by atoms with Crippen LogP contribution in [0.5, 0.6) is 0 Å². The second-order valence-electron chi connectivity index (χ2n) is 3.42. The lowest BCUT2D eigenvalue weighted by molar-refractivity contribution is 0.543. The molecule has 0 heterocycles. The third kappa shape index (κ3) is 7.99. The molecule has 0 spiro atoms. The molecule has 1 unspecified atom stereocenters. The van der Waals surface area contributed by atoms with Crippen LogP contribution in [-0.4, -0.2) is 5.25 Å². The highest BCUT2D eigenvalue weighted by Crippen LogP contribution is 2.12. The highest BCUT2D eigenvalue weighted by atomic mass is 32.1. The normalized spacial score (nSPS) is 14.6. The van der Waals surface area contributed by atoms with E-state index in [9.17, 15) is 0 Å². The second kappa shape index (κ2) is 6.78. The molecular formula is C10H20S. The summed E-state index contributed by atoms with van der Waals surface area (Å²) in [6.45, 7) is 6.58. The van der Waals surface area contributed by atoms with Gasteiger partial charge in [0.15, 0.2) is 0 Å². The molecule has 11 heavy (non-hydrogen) atoms. The van der Waals surface area contributed by atoms with Crippen molar-refractivity contribution in [3.8, 4) is 0 Å². The summed E-state index contributed by atoms with van der Waals surface area (Å²) in [4.78, 5) is 0. The molecule has 0 N–H and O–H groups in total. The van der Waals surface area contributed by atoms with E-state index in [1.165, 1.54) is 19.3 Å². The summed E-state index contributed by atoms with van der Waals surface area (Å²) in [5, 5.41) is 0.471. The molecule has 0 aliphatic carbocycles. The first-order valence-corrected chi connectivity index (χ1v) is 4.99. The Labute approximate surface area is 76.5 Å². The van der Waals surface area contributed by atoms with E-state index in [4.69, 9.17) is 0 Å². The number of allylic oxidation sites excluding steroid dienone is 1. The first kappa shape index (κ1) is 11.1. The molecule has 0 nitrogen and oxygen atoms in total. The van der Waals surface area contributed by atoms with Gasteiger partial charge in [0.2, 0.25) is 0 Å². The summed E-state index contributed by atoms with van der Waals surface area (Å²) in [5.41, 5.74) is 0. The van der Waals surface area contributed by atoms with Crippen LogP contribution in [0.2, 0.25) is 0 Å². The number of thiol groups is 1. The van der Waals surface area contributed by atoms with Crippen LogP contribution in [0.1, 0.15) is 40.0 Å². The van der Waals surface area contributed by atoms with E-state index >= 15 is 0 Å². The van der Waals surface area contributed by atoms with Crippen molar-refractivity contribution in [2.75, 3.05) is 0 Å². The van der Waals surface area contributed by atoms with Crippen LogP contribution in [0.15, 0.2) is 12.2 Å². The molecule has 0 amide bonds. The summed E-state index contributed by atoms with van der Waals surface area (Å²) < 4.78 is 0. The van der Waals surface area contributed by atoms with Gasteiger partial charge in [-0.2, -0.15) is 12.6 Å². The monoisotopic (exact) mass is 172 g/mol. The SMILES string of the molecule is CC=CC(S)CCCC(C)C. The van der Waals surface area contributed by atoms with Crippen molar-refractivity contribution >= 4 is 12.6 Å². The Bertz CT molecular complexity index is 105. The van der Waals surface area contributed by atoms with Gasteiger partial charge in [0.25, 0.3) is 0 Å². The lowest BCUT2D eigenvalue weighted by Crippen LogP contribution is -1.95. The van der Waals surface area contributed by atoms with Crippen molar-refractivity contribution in [2.24, 2.45) is 5.92 Å². The van der Waals surface area contributed by atoms with Crippen LogP contribution in [0.25, 0.3) is 0 Å². The zero-order valence-electron chi connectivity index (χ0n) is 7.88. The Hall–Kier alpha value is 0.0900. The van der Waals surface area contributed by atoms with Gasteiger partial charge in [0, 0.05) is 5.25 Å². The van der Waals surface area contributed by atoms with Crippen LogP contribution in [0, 0.1) is 5.92 Å². The molecule has 0 bridgehead atoms. The molecule has 0 aromatic rings. The Balaban J connectivity index is 3.24. The zero-order chi connectivity index (χ0) is 8.69. The maximum atomic E-state index is 4.43. The van der Waals surface area contributed by atoms with Crippen LogP contribution in [0.4, 0.5) is 0 Å². The van der Waals surface area contributed by atoms with Gasteiger partial charge in [0.1, 0.15) is 0 Å². The standard InChI is InChI=1S/C10H20S/c1-4-6-10(11)8-5-7-9(2)3/h4,6,9-11H,5,7-8H2,1-3H3. The number of hydrogen-bond acceptors (Lipinski definition) is 1. The minimum absolute atomic E-state index is 0.471. The van der Waals surface area contributed by atoms with Crippen LogP contribution >= 0.6 is 12.6 Å². The van der Waals surface area contributed by atoms with E-state index in [2.05, 4.69) is 38.6 Å². The quantitative estimate of drug-likeness (QED) is 0.474. The van der Waals surface area contributed by atoms with E-state index in [0.717, 1.165) is 5.92 Å². The van der Waals surface area contributed by atoms with Crippen LogP contribution in [-0.2, 0) is 0 Å². The van der Waals surface area contributed by atoms with Gasteiger partial charge < -0.3 is 0 Å². The molecule has 1 atom stereocenters. The minimum atomic E-state index is 0.471. The average Bonchev–Trinajstić information content (AvgIpc) is 1.87. The van der Waals surface area contributed by atoms with Gasteiger partial charge in [-0.05, 0) is 19.3 Å². The van der Waals surface area contributed by atoms with E-state index in [0.29, 0.717) is 5.25 Å². The molecule has 1 heteroatoms. The Morgan fingerprint density at radius 3 is 2.36 bits per heavy atom. The third-order valence-electron chi connectivity index (χ3n) is 1.70. The van der Waals surface area contributed by atoms with Crippen molar-refractivity contribution in [1.82, 2.24) is 0 Å². The molecule has 66 valence electrons. The first-order chi connectivity index (χ1) is 5.16. The molecule has 0 aromatic heterocycles. The summed E-state index contributed by atoms with van der Waals surface area (Å²) in [6.07, 6.45) is 8.08. The molecular weight excluding hydrogens is 152 g/mol. The van der Waals surface area contributed by atoms with Crippen molar-refractivity contribution in [3.05, 3.63) is 12.2 Å². The molecule has 0 radical (unpaired) electrons. The van der Waals surface area contributed by atoms with Crippen molar-refractivity contribution in [1.29, 1.82) is 0 Å². The maximum absolute atomic E-state index is 4.43. The minimum Gasteiger partial charge on any atom is -0.172 e. The highest BCUT2D eigenvalue weighted by Gasteiger charge is 1.98. The largest absolute Gasteiger partial charge is 0.172 e. The van der Waals surface area contributed by atoms with Gasteiger partial charge >= 0.3 is 0 Å². The fraction of sp³-hybridized carbons (Fsp3) is 0.800. The lowest BCUT2D eigenvalue weighted by atomic mass is 10.1. The highest BCUT2D eigenvalue weighted by molar-refractivity contribution is 7.81. The van der Waals surface area contributed by atoms with E-state index in [1.54, 1.807) is 0 Å². The fourth-order valence-corrected chi connectivity index (χ4v) is 1.41. The van der Waals surface area contributed by atoms with E-state index in [-0.39, 0.29) is 0 Å². The average molecular weight is 172 g/mol. The first-order valence-electron chi connectivity index (χ1n) is 4.47. The maximum Gasteiger partial charge on any atom is 0.0196 e. The molecule has 0 aromatic carbocycles. The molecule has 0 aliphatic heterocycles. The van der Waals surface area contributed by atoms with Crippen LogP contribution < -0.4 is 0 Å². The number of hydrogen-bond donors (Lipinski definition) is 1. The zero-order valence-corrected chi connectivity index (χ0v) is 8.77. The van der Waals surface area contributed by atoms with Gasteiger partial charge in [-0.1, -0.05) is 38.8 Å². The fourth-order valence-electron chi connectivity index (χ4n) is 1.05. The summed E-state index contributed by atoms with van der Waals surface area (Å²) in [7, 11) is 0. The summed E-state index contributed by atoms with van der Waals surface area (Å²) >= 11 is 4.43. The topological polar surface area (TPSA) is 0 Å². The van der Waals surface area contributed by atoms with Crippen molar-refractivity contribution in [3.63, 3.8) is 0 Å². The Morgan fingerprint density at radius 1 is 1.27 bits per heavy atom. The molecule has 0 saturated carbocycles. The summed E-state index contributed by atoms with van der Waals surface area (Å²) in [6, 6.07) is 0. The predicted molar refractivity (Wildman–Crippen MR) is 56.3 cm³/mol. The Kier molecular flexibility index (Phi) is 6.83. The molecule has 0 aliphatic rings. The summed E-state index contributed by atoms with van der Waals surface area (Å²) in [5.74, 6) is 0.834. The molecule has 0 rings (SSSR count). The van der Waals surface area contributed by atoms with Gasteiger partial charge in [-0.15, -0.1) is 0 Å². The molecule has 0 saturated heterocycles. The Morgan fingerprint density at radius 2 is 1.91 bits per heavy atom. The van der Waals surface area contributed by atoms with E-state index < -0.39 is 0 Å².